The molecule has 2 heterocycles. The maximum absolute atomic E-state index is 14.0. The highest BCUT2D eigenvalue weighted by molar-refractivity contribution is 7.92. The van der Waals surface area contributed by atoms with Crippen LogP contribution in [-0.4, -0.2) is 67.2 Å². The van der Waals surface area contributed by atoms with Gasteiger partial charge >= 0.3 is 5.97 Å². The normalized spacial score (nSPS) is 12.6. The number of carboxylic acids is 1. The van der Waals surface area contributed by atoms with Crippen molar-refractivity contribution in [2.24, 2.45) is 0 Å². The van der Waals surface area contributed by atoms with Crippen LogP contribution < -0.4 is 9.46 Å². The largest absolute Gasteiger partial charge is 0.491 e. The molecule has 0 amide bonds. The van der Waals surface area contributed by atoms with Crippen molar-refractivity contribution in [1.29, 1.82) is 0 Å². The first-order valence-electron chi connectivity index (χ1n) is 11.8. The van der Waals surface area contributed by atoms with Crippen LogP contribution in [0.1, 0.15) is 35.3 Å². The van der Waals surface area contributed by atoms with Crippen molar-refractivity contribution in [2.75, 3.05) is 31.0 Å². The number of sulfonamides is 1. The van der Waals surface area contributed by atoms with Gasteiger partial charge in [0.1, 0.15) is 17.1 Å². The number of hydrogen-bond acceptors (Lipinski definition) is 7. The smallest absolute Gasteiger partial charge is 0.340 e. The average Bonchev–Trinajstić information content (AvgIpc) is 3.36. The molecule has 12 heteroatoms. The number of aromatic carboxylic acids is 1. The number of carbonyl (C=O) groups is 2. The summed E-state index contributed by atoms with van der Waals surface area (Å²) in [7, 11) is -4.26. The third-order valence-corrected chi connectivity index (χ3v) is 7.44. The van der Waals surface area contributed by atoms with Crippen molar-refractivity contribution in [3.63, 3.8) is 0 Å². The summed E-state index contributed by atoms with van der Waals surface area (Å²) < 4.78 is 48.5. The molecular weight excluding hydrogens is 517 g/mol. The number of benzene rings is 2. The summed E-state index contributed by atoms with van der Waals surface area (Å²) in [6, 6.07) is 6.40. The van der Waals surface area contributed by atoms with E-state index in [1.807, 2.05) is 13.8 Å². The highest BCUT2D eigenvalue weighted by Crippen LogP contribution is 2.35. The molecule has 1 aromatic heterocycles. The van der Waals surface area contributed by atoms with Crippen molar-refractivity contribution in [3.8, 4) is 5.75 Å². The third-order valence-electron chi connectivity index (χ3n) is 6.00. The van der Waals surface area contributed by atoms with E-state index in [1.165, 1.54) is 18.3 Å². The summed E-state index contributed by atoms with van der Waals surface area (Å²) in [4.78, 5) is 26.7. The van der Waals surface area contributed by atoms with Gasteiger partial charge in [-0.3, -0.25) is 14.5 Å². The van der Waals surface area contributed by atoms with Crippen LogP contribution in [0.3, 0.4) is 0 Å². The lowest BCUT2D eigenvalue weighted by atomic mass is 10.0. The van der Waals surface area contributed by atoms with Gasteiger partial charge in [0.25, 0.3) is 16.5 Å². The van der Waals surface area contributed by atoms with E-state index in [4.69, 9.17) is 14.6 Å². The van der Waals surface area contributed by atoms with Gasteiger partial charge < -0.3 is 19.8 Å². The lowest BCUT2D eigenvalue weighted by Crippen LogP contribution is -2.22. The van der Waals surface area contributed by atoms with Gasteiger partial charge in [-0.1, -0.05) is 32.1 Å². The van der Waals surface area contributed by atoms with Crippen molar-refractivity contribution in [2.45, 2.75) is 25.2 Å². The van der Waals surface area contributed by atoms with E-state index < -0.39 is 21.8 Å². The first kappa shape index (κ1) is 28.5. The zero-order chi connectivity index (χ0) is 27.9. The maximum Gasteiger partial charge on any atom is 0.340 e. The molecule has 0 fully saturated rings. The van der Waals surface area contributed by atoms with E-state index in [1.54, 1.807) is 18.2 Å². The topological polar surface area (TPSA) is 146 Å². The number of anilines is 1. The molecule has 0 bridgehead atoms. The minimum Gasteiger partial charge on any atom is -0.491 e. The Morgan fingerprint density at radius 2 is 1.95 bits per heavy atom. The summed E-state index contributed by atoms with van der Waals surface area (Å²) in [5, 5.41) is 17.4. The standard InChI is InChI=1S/C25H26FN3O5S.CH2O2/c1-3-29(4-2)12-5-6-16-14-17(26)7-10-22(16)35(32,33)28-20-9-8-19-18-11-13-34-21(18)15-27-24(19)23(20)25(30)31;2-1-3/h5-10,14-15,28H,3-4,11-13H2,1-2H3,(H,30,31);1H,(H,2,3). The number of aromatic nitrogens is 1. The zero-order valence-corrected chi connectivity index (χ0v) is 21.7. The monoisotopic (exact) mass is 545 g/mol. The predicted octanol–water partition coefficient (Wildman–Crippen LogP) is 3.86. The summed E-state index contributed by atoms with van der Waals surface area (Å²) in [5.74, 6) is -1.31. The maximum atomic E-state index is 14.0. The number of hydrogen-bond donors (Lipinski definition) is 3. The van der Waals surface area contributed by atoms with E-state index in [0.29, 0.717) is 30.7 Å². The first-order chi connectivity index (χ1) is 18.2. The van der Waals surface area contributed by atoms with Gasteiger partial charge in [0.05, 0.1) is 28.9 Å². The number of nitrogens with one attached hydrogen (secondary N) is 1. The highest BCUT2D eigenvalue weighted by atomic mass is 32.2. The van der Waals surface area contributed by atoms with E-state index >= 15 is 0 Å². The van der Waals surface area contributed by atoms with Gasteiger partial charge in [-0.05, 0) is 42.9 Å². The van der Waals surface area contributed by atoms with E-state index in [0.717, 1.165) is 30.8 Å². The van der Waals surface area contributed by atoms with Crippen LogP contribution in [0.4, 0.5) is 10.1 Å². The van der Waals surface area contributed by atoms with Crippen LogP contribution in [0.5, 0.6) is 5.75 Å². The molecule has 3 N–H and O–H groups in total. The van der Waals surface area contributed by atoms with Crippen LogP contribution in [0.25, 0.3) is 17.0 Å². The Balaban J connectivity index is 0.00000127. The van der Waals surface area contributed by atoms with E-state index in [-0.39, 0.29) is 33.7 Å². The number of fused-ring (bicyclic) bond motifs is 3. The summed E-state index contributed by atoms with van der Waals surface area (Å²) in [5.41, 5.74) is 0.780. The third kappa shape index (κ3) is 6.26. The first-order valence-corrected chi connectivity index (χ1v) is 13.2. The van der Waals surface area contributed by atoms with Gasteiger partial charge in [-0.2, -0.15) is 0 Å². The van der Waals surface area contributed by atoms with Crippen molar-refractivity contribution < 1.29 is 37.3 Å². The van der Waals surface area contributed by atoms with Crippen LogP contribution in [-0.2, 0) is 21.2 Å². The minimum absolute atomic E-state index is 0.126. The average molecular weight is 546 g/mol. The number of ether oxygens (including phenoxy) is 1. The van der Waals surface area contributed by atoms with Gasteiger partial charge in [-0.15, -0.1) is 0 Å². The van der Waals surface area contributed by atoms with Gasteiger partial charge in [0, 0.05) is 23.9 Å². The van der Waals surface area contributed by atoms with Crippen molar-refractivity contribution in [1.82, 2.24) is 9.88 Å². The number of nitrogens with zero attached hydrogens (tertiary/aromatic N) is 2. The van der Waals surface area contributed by atoms with Crippen LogP contribution in [0.2, 0.25) is 0 Å². The number of pyridine rings is 1. The fourth-order valence-electron chi connectivity index (χ4n) is 4.15. The van der Waals surface area contributed by atoms with E-state index in [2.05, 4.69) is 14.6 Å². The second-order valence-electron chi connectivity index (χ2n) is 8.17. The number of halogens is 1. The Kier molecular flexibility index (Phi) is 9.37. The molecule has 0 unspecified atom stereocenters. The molecule has 0 atom stereocenters. The Morgan fingerprint density at radius 3 is 2.61 bits per heavy atom. The van der Waals surface area contributed by atoms with Crippen LogP contribution >= 0.6 is 0 Å². The van der Waals surface area contributed by atoms with Crippen molar-refractivity contribution in [3.05, 3.63) is 65.1 Å². The number of likely N-dealkylation sites (N-methyl/N-ethyl adjacent to an activating group) is 1. The molecule has 1 aliphatic rings. The van der Waals surface area contributed by atoms with Crippen LogP contribution in [0, 0.1) is 5.82 Å². The zero-order valence-electron chi connectivity index (χ0n) is 20.8. The molecule has 202 valence electrons. The number of carboxylic acid groups (broad SMARTS) is 2. The van der Waals surface area contributed by atoms with Crippen LogP contribution in [0.15, 0.2) is 47.5 Å². The Morgan fingerprint density at radius 1 is 1.24 bits per heavy atom. The fourth-order valence-corrected chi connectivity index (χ4v) is 5.41. The molecule has 0 saturated heterocycles. The number of rotatable bonds is 9. The molecule has 38 heavy (non-hydrogen) atoms. The predicted molar refractivity (Wildman–Crippen MR) is 141 cm³/mol. The van der Waals surface area contributed by atoms with Crippen molar-refractivity contribution >= 4 is 45.1 Å². The molecule has 1 aliphatic heterocycles. The second kappa shape index (κ2) is 12.5. The second-order valence-corrected chi connectivity index (χ2v) is 9.82. The molecular formula is C26H28FN3O7S. The quantitative estimate of drug-likeness (QED) is 0.341. The molecule has 2 aromatic carbocycles. The molecule has 0 aliphatic carbocycles. The Bertz CT molecular complexity index is 1470. The molecule has 0 saturated carbocycles. The van der Waals surface area contributed by atoms with Gasteiger partial charge in [-0.25, -0.2) is 17.6 Å². The molecule has 0 spiro atoms. The van der Waals surface area contributed by atoms with Gasteiger partial charge in [0.15, 0.2) is 0 Å². The summed E-state index contributed by atoms with van der Waals surface area (Å²) >= 11 is 0. The SMILES string of the molecule is CCN(CC)CC=Cc1cc(F)ccc1S(=O)(=O)Nc1ccc2c3c(cnc2c1C(=O)O)OCC3.O=CO. The summed E-state index contributed by atoms with van der Waals surface area (Å²) in [6.07, 6.45) is 5.39. The molecule has 3 aromatic rings. The molecule has 0 radical (unpaired) electrons. The van der Waals surface area contributed by atoms with E-state index in [9.17, 15) is 22.7 Å². The highest BCUT2D eigenvalue weighted by Gasteiger charge is 2.26. The lowest BCUT2D eigenvalue weighted by molar-refractivity contribution is -0.122. The Labute approximate surface area is 219 Å². The fraction of sp³-hybridized carbons (Fsp3) is 0.269. The molecule has 10 nitrogen and oxygen atoms in total. The Hall–Kier alpha value is -4.03. The molecule has 4 rings (SSSR count). The minimum atomic E-state index is -4.26. The lowest BCUT2D eigenvalue weighted by Gasteiger charge is -2.16. The summed E-state index contributed by atoms with van der Waals surface area (Å²) in [6.45, 7) is 6.46. The van der Waals surface area contributed by atoms with Gasteiger partial charge in [0.2, 0.25) is 0 Å².